The number of hydrogen-bond acceptors (Lipinski definition) is 1. The van der Waals surface area contributed by atoms with E-state index in [-0.39, 0.29) is 10.4 Å². The minimum Gasteiger partial charge on any atom is -0.398 e. The molecule has 2 N–H and O–H groups in total. The minimum atomic E-state index is -4.48. The van der Waals surface area contributed by atoms with Crippen molar-refractivity contribution in [2.24, 2.45) is 0 Å². The van der Waals surface area contributed by atoms with Crippen LogP contribution in [0.2, 0.25) is 5.02 Å². The summed E-state index contributed by atoms with van der Waals surface area (Å²) in [6.07, 6.45) is -4.48. The van der Waals surface area contributed by atoms with Crippen molar-refractivity contribution in [2.75, 3.05) is 5.73 Å². The Morgan fingerprint density at radius 2 is 1.69 bits per heavy atom. The Kier molecular flexibility index (Phi) is 2.46. The average Bonchev–Trinajstić information content (AvgIpc) is 2.15. The van der Waals surface area contributed by atoms with Gasteiger partial charge in [-0.05, 0) is 17.5 Å². The van der Waals surface area contributed by atoms with E-state index in [1.54, 1.807) is 6.07 Å². The molecule has 0 amide bonds. The van der Waals surface area contributed by atoms with Crippen LogP contribution in [0.25, 0.3) is 10.8 Å². The van der Waals surface area contributed by atoms with Crippen molar-refractivity contribution in [3.8, 4) is 0 Å². The summed E-state index contributed by atoms with van der Waals surface area (Å²) in [6, 6.07) is 7.09. The number of alkyl halides is 3. The minimum absolute atomic E-state index is 0.0278. The summed E-state index contributed by atoms with van der Waals surface area (Å²) in [7, 11) is 0. The molecule has 0 radical (unpaired) electrons. The Morgan fingerprint density at radius 3 is 2.31 bits per heavy atom. The molecule has 0 aromatic heterocycles. The lowest BCUT2D eigenvalue weighted by Crippen LogP contribution is -2.07. The second kappa shape index (κ2) is 3.56. The number of nitrogens with two attached hydrogens (primary N) is 1. The van der Waals surface area contributed by atoms with Gasteiger partial charge < -0.3 is 5.73 Å². The zero-order valence-electron chi connectivity index (χ0n) is 7.98. The van der Waals surface area contributed by atoms with Gasteiger partial charge in [0.25, 0.3) is 0 Å². The molecule has 0 bridgehead atoms. The van der Waals surface area contributed by atoms with Gasteiger partial charge in [0.2, 0.25) is 0 Å². The van der Waals surface area contributed by atoms with Crippen molar-refractivity contribution in [1.82, 2.24) is 0 Å². The van der Waals surface area contributed by atoms with Crippen LogP contribution in [0.4, 0.5) is 18.9 Å². The largest absolute Gasteiger partial charge is 0.418 e. The van der Waals surface area contributed by atoms with Crippen molar-refractivity contribution in [1.29, 1.82) is 0 Å². The van der Waals surface area contributed by atoms with Gasteiger partial charge in [0.05, 0.1) is 10.6 Å². The summed E-state index contributed by atoms with van der Waals surface area (Å²) in [5.74, 6) is 0. The molecule has 84 valence electrons. The fourth-order valence-electron chi connectivity index (χ4n) is 1.64. The van der Waals surface area contributed by atoms with Crippen LogP contribution in [0.1, 0.15) is 5.56 Å². The van der Waals surface area contributed by atoms with E-state index < -0.39 is 11.7 Å². The van der Waals surface area contributed by atoms with Gasteiger partial charge in [0, 0.05) is 11.1 Å². The van der Waals surface area contributed by atoms with Gasteiger partial charge in [0.1, 0.15) is 0 Å². The first-order chi connectivity index (χ1) is 7.41. The van der Waals surface area contributed by atoms with E-state index in [1.165, 1.54) is 24.3 Å². The predicted molar refractivity (Wildman–Crippen MR) is 58.4 cm³/mol. The standard InChI is InChI=1S/C11H7ClF3N/c12-8-5-4-6-7(2-1-3-9(6)16)10(8)11(13,14)15/h1-5H,16H2. The summed E-state index contributed by atoms with van der Waals surface area (Å²) in [5, 5.41) is 0.0739. The third kappa shape index (κ3) is 1.69. The Morgan fingerprint density at radius 1 is 1.00 bits per heavy atom. The lowest BCUT2D eigenvalue weighted by atomic mass is 10.0. The lowest BCUT2D eigenvalue weighted by Gasteiger charge is -2.13. The number of halogens is 4. The van der Waals surface area contributed by atoms with Gasteiger partial charge in [-0.1, -0.05) is 29.8 Å². The van der Waals surface area contributed by atoms with E-state index in [4.69, 9.17) is 17.3 Å². The molecule has 0 aliphatic carbocycles. The summed E-state index contributed by atoms with van der Waals surface area (Å²) in [6.45, 7) is 0. The molecule has 2 aromatic rings. The molecule has 0 heterocycles. The van der Waals surface area contributed by atoms with Crippen LogP contribution in [0.5, 0.6) is 0 Å². The van der Waals surface area contributed by atoms with E-state index >= 15 is 0 Å². The summed E-state index contributed by atoms with van der Waals surface area (Å²) in [4.78, 5) is 0. The van der Waals surface area contributed by atoms with Gasteiger partial charge in [-0.3, -0.25) is 0 Å². The highest BCUT2D eigenvalue weighted by molar-refractivity contribution is 6.32. The van der Waals surface area contributed by atoms with Gasteiger partial charge in [0.15, 0.2) is 0 Å². The fraction of sp³-hybridized carbons (Fsp3) is 0.0909. The number of rotatable bonds is 0. The van der Waals surface area contributed by atoms with Crippen LogP contribution in [0, 0.1) is 0 Å². The normalized spacial score (nSPS) is 12.0. The predicted octanol–water partition coefficient (Wildman–Crippen LogP) is 4.09. The first-order valence-electron chi connectivity index (χ1n) is 4.45. The molecule has 5 heteroatoms. The molecule has 0 aliphatic heterocycles. The Balaban J connectivity index is 2.91. The summed E-state index contributed by atoms with van der Waals surface area (Å²) >= 11 is 5.58. The van der Waals surface area contributed by atoms with Crippen LogP contribution in [-0.4, -0.2) is 0 Å². The molecule has 0 saturated carbocycles. The number of benzene rings is 2. The summed E-state index contributed by atoms with van der Waals surface area (Å²) in [5.41, 5.74) is 5.08. The van der Waals surface area contributed by atoms with Gasteiger partial charge >= 0.3 is 6.18 Å². The fourth-order valence-corrected chi connectivity index (χ4v) is 1.92. The maximum atomic E-state index is 12.8. The molecule has 0 unspecified atom stereocenters. The van der Waals surface area contributed by atoms with Crippen molar-refractivity contribution in [2.45, 2.75) is 6.18 Å². The third-order valence-electron chi connectivity index (χ3n) is 2.33. The van der Waals surface area contributed by atoms with E-state index in [0.29, 0.717) is 11.1 Å². The van der Waals surface area contributed by atoms with Gasteiger partial charge in [-0.15, -0.1) is 0 Å². The monoisotopic (exact) mass is 245 g/mol. The zero-order chi connectivity index (χ0) is 11.9. The Bertz CT molecular complexity index is 549. The molecule has 0 fully saturated rings. The highest BCUT2D eigenvalue weighted by Crippen LogP contribution is 2.40. The maximum absolute atomic E-state index is 12.8. The highest BCUT2D eigenvalue weighted by atomic mass is 35.5. The molecule has 1 nitrogen and oxygen atoms in total. The number of hydrogen-bond donors (Lipinski definition) is 1. The Hall–Kier alpha value is -1.42. The molecule has 0 aliphatic rings. The van der Waals surface area contributed by atoms with E-state index in [9.17, 15) is 13.2 Å². The molecule has 2 aromatic carbocycles. The number of fused-ring (bicyclic) bond motifs is 1. The second-order valence-corrected chi connectivity index (χ2v) is 3.77. The highest BCUT2D eigenvalue weighted by Gasteiger charge is 2.35. The molecule has 2 rings (SSSR count). The van der Waals surface area contributed by atoms with Crippen molar-refractivity contribution in [3.63, 3.8) is 0 Å². The van der Waals surface area contributed by atoms with Gasteiger partial charge in [-0.2, -0.15) is 13.2 Å². The van der Waals surface area contributed by atoms with Crippen LogP contribution in [0.3, 0.4) is 0 Å². The van der Waals surface area contributed by atoms with E-state index in [0.717, 1.165) is 0 Å². The van der Waals surface area contributed by atoms with E-state index in [2.05, 4.69) is 0 Å². The molecule has 0 saturated heterocycles. The lowest BCUT2D eigenvalue weighted by molar-refractivity contribution is -0.136. The number of anilines is 1. The summed E-state index contributed by atoms with van der Waals surface area (Å²) < 4.78 is 38.4. The van der Waals surface area contributed by atoms with Crippen LogP contribution in [-0.2, 0) is 6.18 Å². The molecular formula is C11H7ClF3N. The number of nitrogen functional groups attached to an aromatic ring is 1. The SMILES string of the molecule is Nc1cccc2c(C(F)(F)F)c(Cl)ccc12. The third-order valence-corrected chi connectivity index (χ3v) is 2.64. The molecule has 0 spiro atoms. The first kappa shape index (κ1) is 11.1. The van der Waals surface area contributed by atoms with Gasteiger partial charge in [-0.25, -0.2) is 0 Å². The maximum Gasteiger partial charge on any atom is 0.418 e. The quantitative estimate of drug-likeness (QED) is 0.695. The van der Waals surface area contributed by atoms with Crippen LogP contribution >= 0.6 is 11.6 Å². The van der Waals surface area contributed by atoms with E-state index in [1.807, 2.05) is 0 Å². The molecule has 0 atom stereocenters. The Labute approximate surface area is 94.6 Å². The molecular weight excluding hydrogens is 239 g/mol. The smallest absolute Gasteiger partial charge is 0.398 e. The molecule has 16 heavy (non-hydrogen) atoms. The van der Waals surface area contributed by atoms with Crippen LogP contribution < -0.4 is 5.73 Å². The zero-order valence-corrected chi connectivity index (χ0v) is 8.73. The topological polar surface area (TPSA) is 26.0 Å². The average molecular weight is 246 g/mol. The van der Waals surface area contributed by atoms with Crippen molar-refractivity contribution in [3.05, 3.63) is 40.9 Å². The van der Waals surface area contributed by atoms with Crippen molar-refractivity contribution >= 4 is 28.1 Å². The van der Waals surface area contributed by atoms with Crippen LogP contribution in [0.15, 0.2) is 30.3 Å². The first-order valence-corrected chi connectivity index (χ1v) is 4.83. The second-order valence-electron chi connectivity index (χ2n) is 3.36. The van der Waals surface area contributed by atoms with Crippen molar-refractivity contribution < 1.29 is 13.2 Å².